The number of carbonyl (C=O) groups is 2. The van der Waals surface area contributed by atoms with E-state index in [0.717, 1.165) is 6.21 Å². The first kappa shape index (κ1) is 17.3. The number of ketones is 1. The van der Waals surface area contributed by atoms with Gasteiger partial charge < -0.3 is 4.74 Å². The van der Waals surface area contributed by atoms with E-state index in [0.29, 0.717) is 6.07 Å². The lowest BCUT2D eigenvalue weighted by Crippen LogP contribution is -2.28. The van der Waals surface area contributed by atoms with E-state index in [2.05, 4.69) is 20.4 Å². The van der Waals surface area contributed by atoms with Crippen LogP contribution in [-0.4, -0.2) is 40.0 Å². The summed E-state index contributed by atoms with van der Waals surface area (Å²) in [6, 6.07) is 0.600. The van der Waals surface area contributed by atoms with Gasteiger partial charge in [-0.15, -0.1) is 5.10 Å². The van der Waals surface area contributed by atoms with E-state index in [1.165, 1.54) is 13.1 Å². The zero-order valence-corrected chi connectivity index (χ0v) is 12.3. The van der Waals surface area contributed by atoms with Crippen LogP contribution in [0.1, 0.15) is 17.3 Å². The first-order chi connectivity index (χ1) is 11.4. The number of benzene rings is 1. The molecule has 0 aliphatic carbocycles. The maximum atomic E-state index is 13.8. The molecule has 0 fully saturated rings. The predicted molar refractivity (Wildman–Crippen MR) is 75.3 cm³/mol. The van der Waals surface area contributed by atoms with Crippen LogP contribution in [0.2, 0.25) is 0 Å². The Bertz CT molecular complexity index is 778. The number of rotatable bonds is 6. The molecule has 1 aromatic carbocycles. The van der Waals surface area contributed by atoms with Crippen LogP contribution >= 0.6 is 0 Å². The Hall–Kier alpha value is -3.04. The number of hydrogen-bond acceptors (Lipinski definition) is 6. The minimum Gasteiger partial charge on any atom is -0.465 e. The SMILES string of the molecule is CCOC(=O)C(C=Nc1cn[nH]n1)C(=O)c1cc(F)c(F)cc1F. The average molecular weight is 340 g/mol. The Balaban J connectivity index is 2.37. The van der Waals surface area contributed by atoms with Crippen molar-refractivity contribution in [3.05, 3.63) is 41.3 Å². The fourth-order valence-electron chi connectivity index (χ4n) is 1.76. The van der Waals surface area contributed by atoms with Crippen molar-refractivity contribution in [1.82, 2.24) is 15.4 Å². The summed E-state index contributed by atoms with van der Waals surface area (Å²) >= 11 is 0. The molecule has 0 spiro atoms. The fourth-order valence-corrected chi connectivity index (χ4v) is 1.76. The molecule has 0 bridgehead atoms. The molecule has 1 heterocycles. The van der Waals surface area contributed by atoms with Gasteiger partial charge in [-0.1, -0.05) is 0 Å². The van der Waals surface area contributed by atoms with Gasteiger partial charge in [0.25, 0.3) is 0 Å². The third kappa shape index (κ3) is 3.83. The monoisotopic (exact) mass is 340 g/mol. The highest BCUT2D eigenvalue weighted by atomic mass is 19.2. The van der Waals surface area contributed by atoms with Crippen LogP contribution in [-0.2, 0) is 9.53 Å². The number of aliphatic imine (C=N–C) groups is 1. The van der Waals surface area contributed by atoms with Crippen LogP contribution < -0.4 is 0 Å². The Kier molecular flexibility index (Phi) is 5.40. The number of nitrogens with one attached hydrogen (secondary N) is 1. The van der Waals surface area contributed by atoms with E-state index in [4.69, 9.17) is 4.74 Å². The Morgan fingerprint density at radius 3 is 2.62 bits per heavy atom. The van der Waals surface area contributed by atoms with Gasteiger partial charge in [0, 0.05) is 12.3 Å². The number of aromatic nitrogens is 3. The molecule has 0 aliphatic rings. The van der Waals surface area contributed by atoms with Gasteiger partial charge in [0.1, 0.15) is 5.82 Å². The van der Waals surface area contributed by atoms with Gasteiger partial charge in [0.05, 0.1) is 18.4 Å². The highest BCUT2D eigenvalue weighted by molar-refractivity contribution is 6.18. The third-order valence-electron chi connectivity index (χ3n) is 2.86. The number of Topliss-reactive ketones (excluding diaryl/α,β-unsaturated/α-hetero) is 1. The van der Waals surface area contributed by atoms with Crippen LogP contribution in [0.4, 0.5) is 19.0 Å². The Morgan fingerprint density at radius 2 is 2.00 bits per heavy atom. The lowest BCUT2D eigenvalue weighted by Gasteiger charge is -2.11. The molecule has 0 aliphatic heterocycles. The minimum atomic E-state index is -1.65. The summed E-state index contributed by atoms with van der Waals surface area (Å²) in [4.78, 5) is 28.0. The Labute approximate surface area is 133 Å². The molecule has 0 saturated carbocycles. The molecule has 1 N–H and O–H groups in total. The van der Waals surface area contributed by atoms with E-state index in [9.17, 15) is 22.8 Å². The van der Waals surface area contributed by atoms with Gasteiger partial charge in [0.15, 0.2) is 29.2 Å². The van der Waals surface area contributed by atoms with Crippen molar-refractivity contribution >= 4 is 23.8 Å². The van der Waals surface area contributed by atoms with Gasteiger partial charge in [-0.3, -0.25) is 9.59 Å². The number of halogens is 3. The molecule has 1 atom stereocenters. The lowest BCUT2D eigenvalue weighted by molar-refractivity contribution is -0.143. The summed E-state index contributed by atoms with van der Waals surface area (Å²) in [7, 11) is 0. The zero-order valence-electron chi connectivity index (χ0n) is 12.3. The number of aromatic amines is 1. The van der Waals surface area contributed by atoms with Gasteiger partial charge in [0.2, 0.25) is 0 Å². The molecule has 2 rings (SSSR count). The van der Waals surface area contributed by atoms with E-state index in [-0.39, 0.29) is 18.5 Å². The van der Waals surface area contributed by atoms with Crippen LogP contribution in [0.25, 0.3) is 0 Å². The van der Waals surface area contributed by atoms with Gasteiger partial charge in [-0.25, -0.2) is 18.2 Å². The standard InChI is InChI=1S/C14H11F3N4O3/c1-2-24-14(23)8(5-18-12-6-19-21-20-12)13(22)7-3-10(16)11(17)4-9(7)15/h3-6,8H,2H2,1H3,(H,19,20,21). The Morgan fingerprint density at radius 1 is 1.29 bits per heavy atom. The molecule has 126 valence electrons. The van der Waals surface area contributed by atoms with Crippen molar-refractivity contribution < 1.29 is 27.5 Å². The largest absolute Gasteiger partial charge is 0.465 e. The summed E-state index contributed by atoms with van der Waals surface area (Å²) in [5.74, 6) is -7.91. The second-order valence-corrected chi connectivity index (χ2v) is 4.45. The van der Waals surface area contributed by atoms with E-state index in [1.54, 1.807) is 0 Å². The summed E-state index contributed by atoms with van der Waals surface area (Å²) < 4.78 is 44.7. The first-order valence-corrected chi connectivity index (χ1v) is 6.69. The summed E-state index contributed by atoms with van der Waals surface area (Å²) in [5, 5.41) is 9.33. The van der Waals surface area contributed by atoms with Gasteiger partial charge >= 0.3 is 5.97 Å². The number of hydrogen-bond donors (Lipinski definition) is 1. The molecule has 0 amide bonds. The first-order valence-electron chi connectivity index (χ1n) is 6.69. The molecule has 1 unspecified atom stereocenters. The van der Waals surface area contributed by atoms with Gasteiger partial charge in [-0.05, 0) is 13.0 Å². The number of esters is 1. The maximum absolute atomic E-state index is 13.8. The second-order valence-electron chi connectivity index (χ2n) is 4.45. The van der Waals surface area contributed by atoms with E-state index < -0.39 is 40.7 Å². The molecule has 7 nitrogen and oxygen atoms in total. The number of carbonyl (C=O) groups excluding carboxylic acids is 2. The average Bonchev–Trinajstić information content (AvgIpc) is 3.04. The van der Waals surface area contributed by atoms with Crippen molar-refractivity contribution in [1.29, 1.82) is 0 Å². The summed E-state index contributed by atoms with van der Waals surface area (Å²) in [5.41, 5.74) is -0.793. The predicted octanol–water partition coefficient (Wildman–Crippen LogP) is 1.99. The zero-order chi connectivity index (χ0) is 17.7. The summed E-state index contributed by atoms with van der Waals surface area (Å²) in [6.45, 7) is 1.47. The van der Waals surface area contributed by atoms with Crippen molar-refractivity contribution in [2.45, 2.75) is 6.92 Å². The van der Waals surface area contributed by atoms with Crippen LogP contribution in [0.3, 0.4) is 0 Å². The fraction of sp³-hybridized carbons (Fsp3) is 0.214. The molecular weight excluding hydrogens is 329 g/mol. The quantitative estimate of drug-likeness (QED) is 0.285. The number of ether oxygens (including phenoxy) is 1. The van der Waals surface area contributed by atoms with Crippen molar-refractivity contribution in [3.8, 4) is 0 Å². The molecule has 0 radical (unpaired) electrons. The van der Waals surface area contributed by atoms with E-state index >= 15 is 0 Å². The molecule has 2 aromatic rings. The second kappa shape index (κ2) is 7.49. The highest BCUT2D eigenvalue weighted by Gasteiger charge is 2.30. The van der Waals surface area contributed by atoms with Crippen LogP contribution in [0.15, 0.2) is 23.3 Å². The normalized spacial score (nSPS) is 12.3. The molecule has 10 heteroatoms. The van der Waals surface area contributed by atoms with Crippen molar-refractivity contribution in [2.75, 3.05) is 6.61 Å². The van der Waals surface area contributed by atoms with Gasteiger partial charge in [-0.2, -0.15) is 10.3 Å². The van der Waals surface area contributed by atoms with E-state index in [1.807, 2.05) is 0 Å². The molecule has 1 aromatic heterocycles. The molecular formula is C14H11F3N4O3. The van der Waals surface area contributed by atoms with Crippen molar-refractivity contribution in [2.24, 2.45) is 10.9 Å². The molecule has 24 heavy (non-hydrogen) atoms. The topological polar surface area (TPSA) is 97.3 Å². The number of nitrogens with zero attached hydrogens (tertiary/aromatic N) is 3. The third-order valence-corrected chi connectivity index (χ3v) is 2.86. The number of H-pyrrole nitrogens is 1. The highest BCUT2D eigenvalue weighted by Crippen LogP contribution is 2.18. The van der Waals surface area contributed by atoms with Crippen LogP contribution in [0.5, 0.6) is 0 Å². The lowest BCUT2D eigenvalue weighted by atomic mass is 9.98. The summed E-state index contributed by atoms with van der Waals surface area (Å²) in [6.07, 6.45) is 2.08. The molecule has 0 saturated heterocycles. The van der Waals surface area contributed by atoms with Crippen molar-refractivity contribution in [3.63, 3.8) is 0 Å². The maximum Gasteiger partial charge on any atom is 0.322 e. The smallest absolute Gasteiger partial charge is 0.322 e. The van der Waals surface area contributed by atoms with Crippen LogP contribution in [0, 0.1) is 23.4 Å². The minimum absolute atomic E-state index is 0.0410.